The third-order valence-electron chi connectivity index (χ3n) is 6.39. The predicted octanol–water partition coefficient (Wildman–Crippen LogP) is 3.62. The number of ether oxygens (including phenoxy) is 3. The number of aliphatic hydroxyl groups excluding tert-OH is 1. The number of carbonyl (C=O) groups is 2. The van der Waals surface area contributed by atoms with Gasteiger partial charge in [0.05, 0.1) is 18.2 Å². The van der Waals surface area contributed by atoms with E-state index in [0.29, 0.717) is 61.3 Å². The van der Waals surface area contributed by atoms with Gasteiger partial charge in [-0.25, -0.2) is 0 Å². The summed E-state index contributed by atoms with van der Waals surface area (Å²) in [5.74, 6) is 0.141. The monoisotopic (exact) mass is 480 g/mol. The van der Waals surface area contributed by atoms with Crippen LogP contribution < -0.4 is 14.2 Å². The maximum Gasteiger partial charge on any atom is 0.295 e. The number of hydrogen-bond donors (Lipinski definition) is 1. The van der Waals surface area contributed by atoms with Crippen LogP contribution in [0, 0.1) is 0 Å². The predicted molar refractivity (Wildman–Crippen MR) is 132 cm³/mol. The lowest BCUT2D eigenvalue weighted by molar-refractivity contribution is -0.140. The van der Waals surface area contributed by atoms with Crippen molar-refractivity contribution in [1.82, 2.24) is 9.80 Å². The van der Waals surface area contributed by atoms with E-state index in [-0.39, 0.29) is 11.3 Å². The molecule has 2 aromatic carbocycles. The molecule has 1 atom stereocenters. The van der Waals surface area contributed by atoms with Gasteiger partial charge in [0.25, 0.3) is 11.7 Å². The maximum absolute atomic E-state index is 13.3. The number of rotatable bonds is 9. The molecule has 2 heterocycles. The second kappa shape index (κ2) is 10.8. The highest BCUT2D eigenvalue weighted by Gasteiger charge is 2.46. The summed E-state index contributed by atoms with van der Waals surface area (Å²) in [6, 6.07) is 11.6. The van der Waals surface area contributed by atoms with Gasteiger partial charge in [-0.1, -0.05) is 26.0 Å². The molecule has 8 nitrogen and oxygen atoms in total. The molecule has 2 aromatic rings. The molecule has 4 rings (SSSR count). The summed E-state index contributed by atoms with van der Waals surface area (Å²) >= 11 is 0. The minimum atomic E-state index is -0.737. The maximum atomic E-state index is 13.3. The van der Waals surface area contributed by atoms with Gasteiger partial charge in [-0.3, -0.25) is 9.59 Å². The molecule has 2 aliphatic heterocycles. The molecule has 1 saturated heterocycles. The SMILES string of the molecule is CCOc1cccc([C@H]2/C(=C(\O)c3ccc4c(c3)OCCO4)C(=O)C(=O)N2CCN(CC)CC)c1. The molecule has 2 aliphatic rings. The zero-order valence-electron chi connectivity index (χ0n) is 20.5. The lowest BCUT2D eigenvalue weighted by Gasteiger charge is -2.28. The topological polar surface area (TPSA) is 88.5 Å². The Bertz CT molecular complexity index is 1120. The lowest BCUT2D eigenvalue weighted by Crippen LogP contribution is -2.38. The molecule has 35 heavy (non-hydrogen) atoms. The molecule has 0 bridgehead atoms. The number of likely N-dealkylation sites (N-methyl/N-ethyl adjacent to an activating group) is 1. The van der Waals surface area contributed by atoms with Crippen LogP contribution in [0.25, 0.3) is 5.76 Å². The highest BCUT2D eigenvalue weighted by atomic mass is 16.6. The Balaban J connectivity index is 1.79. The van der Waals surface area contributed by atoms with Crippen molar-refractivity contribution in [1.29, 1.82) is 0 Å². The Kier molecular flexibility index (Phi) is 7.60. The fourth-order valence-electron chi connectivity index (χ4n) is 4.53. The van der Waals surface area contributed by atoms with Crippen molar-refractivity contribution in [2.75, 3.05) is 46.0 Å². The number of nitrogens with zero attached hydrogens (tertiary/aromatic N) is 2. The number of amides is 1. The second-order valence-electron chi connectivity index (χ2n) is 8.38. The number of Topliss-reactive ketones (excluding diaryl/α,β-unsaturated/α-hetero) is 1. The summed E-state index contributed by atoms with van der Waals surface area (Å²) in [4.78, 5) is 30.2. The van der Waals surface area contributed by atoms with Crippen molar-refractivity contribution in [3.05, 3.63) is 59.2 Å². The van der Waals surface area contributed by atoms with E-state index in [1.165, 1.54) is 0 Å². The van der Waals surface area contributed by atoms with Gasteiger partial charge < -0.3 is 29.1 Å². The number of hydrogen-bond acceptors (Lipinski definition) is 7. The Morgan fingerprint density at radius 3 is 2.51 bits per heavy atom. The number of likely N-dealkylation sites (tertiary alicyclic amines) is 1. The second-order valence-corrected chi connectivity index (χ2v) is 8.38. The molecule has 0 aromatic heterocycles. The van der Waals surface area contributed by atoms with Gasteiger partial charge in [-0.15, -0.1) is 0 Å². The van der Waals surface area contributed by atoms with Crippen LogP contribution in [-0.2, 0) is 9.59 Å². The number of benzene rings is 2. The lowest BCUT2D eigenvalue weighted by atomic mass is 9.95. The molecule has 1 N–H and O–H groups in total. The first kappa shape index (κ1) is 24.6. The van der Waals surface area contributed by atoms with E-state index < -0.39 is 17.7 Å². The molecule has 8 heteroatoms. The summed E-state index contributed by atoms with van der Waals surface area (Å²) in [6.07, 6.45) is 0. The summed E-state index contributed by atoms with van der Waals surface area (Å²) in [6.45, 7) is 9.99. The summed E-state index contributed by atoms with van der Waals surface area (Å²) in [7, 11) is 0. The van der Waals surface area contributed by atoms with Crippen LogP contribution in [0.5, 0.6) is 17.2 Å². The number of fused-ring (bicyclic) bond motifs is 1. The fourth-order valence-corrected chi connectivity index (χ4v) is 4.53. The van der Waals surface area contributed by atoms with Gasteiger partial charge in [0, 0.05) is 18.7 Å². The van der Waals surface area contributed by atoms with Gasteiger partial charge in [0.15, 0.2) is 11.5 Å². The molecular formula is C27H32N2O6. The minimum absolute atomic E-state index is 0.0554. The van der Waals surface area contributed by atoms with Crippen LogP contribution in [-0.4, -0.2) is 72.6 Å². The Morgan fingerprint density at radius 1 is 1.06 bits per heavy atom. The molecule has 0 saturated carbocycles. The molecule has 0 spiro atoms. The van der Waals surface area contributed by atoms with Crippen molar-refractivity contribution >= 4 is 17.4 Å². The largest absolute Gasteiger partial charge is 0.507 e. The minimum Gasteiger partial charge on any atom is -0.507 e. The highest BCUT2D eigenvalue weighted by molar-refractivity contribution is 6.46. The average Bonchev–Trinajstić information content (AvgIpc) is 3.14. The van der Waals surface area contributed by atoms with Crippen LogP contribution in [0.3, 0.4) is 0 Å². The van der Waals surface area contributed by atoms with Gasteiger partial charge >= 0.3 is 0 Å². The Labute approximate surface area is 205 Å². The standard InChI is InChI=1S/C27H32N2O6/c1-4-28(5-2)12-13-29-24(18-8-7-9-20(16-18)33-6-3)23(26(31)27(29)32)25(30)19-10-11-21-22(17-19)35-15-14-34-21/h7-11,16-17,24,30H,4-6,12-15H2,1-3H3/b25-23+/t24-/m0/s1. The van der Waals surface area contributed by atoms with E-state index in [0.717, 1.165) is 13.1 Å². The van der Waals surface area contributed by atoms with Gasteiger partial charge in [0.2, 0.25) is 0 Å². The Hall–Kier alpha value is -3.52. The third-order valence-corrected chi connectivity index (χ3v) is 6.39. The molecule has 0 radical (unpaired) electrons. The van der Waals surface area contributed by atoms with E-state index in [4.69, 9.17) is 14.2 Å². The van der Waals surface area contributed by atoms with E-state index in [1.54, 1.807) is 23.1 Å². The smallest absolute Gasteiger partial charge is 0.295 e. The van der Waals surface area contributed by atoms with Crippen molar-refractivity contribution < 1.29 is 28.9 Å². The molecule has 0 unspecified atom stereocenters. The number of aliphatic hydroxyl groups is 1. The molecule has 1 fully saturated rings. The third kappa shape index (κ3) is 4.98. The van der Waals surface area contributed by atoms with E-state index in [9.17, 15) is 14.7 Å². The normalized spacial score (nSPS) is 18.9. The van der Waals surface area contributed by atoms with Crippen LogP contribution >= 0.6 is 0 Å². The van der Waals surface area contributed by atoms with Crippen molar-refractivity contribution in [2.45, 2.75) is 26.8 Å². The average molecular weight is 481 g/mol. The van der Waals surface area contributed by atoms with Crippen LogP contribution in [0.1, 0.15) is 37.9 Å². The van der Waals surface area contributed by atoms with Gasteiger partial charge in [0.1, 0.15) is 24.7 Å². The molecular weight excluding hydrogens is 448 g/mol. The number of ketones is 1. The number of carbonyl (C=O) groups excluding carboxylic acids is 2. The van der Waals surface area contributed by atoms with Crippen LogP contribution in [0.2, 0.25) is 0 Å². The van der Waals surface area contributed by atoms with Crippen molar-refractivity contribution in [3.63, 3.8) is 0 Å². The molecule has 1 amide bonds. The first-order valence-corrected chi connectivity index (χ1v) is 12.1. The zero-order chi connectivity index (χ0) is 24.9. The first-order valence-electron chi connectivity index (χ1n) is 12.1. The quantitative estimate of drug-likeness (QED) is 0.333. The van der Waals surface area contributed by atoms with Gasteiger partial charge in [-0.05, 0) is 55.9 Å². The fraction of sp³-hybridized carbons (Fsp3) is 0.407. The van der Waals surface area contributed by atoms with Crippen molar-refractivity contribution in [2.24, 2.45) is 0 Å². The van der Waals surface area contributed by atoms with Crippen LogP contribution in [0.4, 0.5) is 0 Å². The zero-order valence-corrected chi connectivity index (χ0v) is 20.5. The summed E-state index contributed by atoms with van der Waals surface area (Å²) < 4.78 is 16.9. The van der Waals surface area contributed by atoms with E-state index in [2.05, 4.69) is 18.7 Å². The van der Waals surface area contributed by atoms with Gasteiger partial charge in [-0.2, -0.15) is 0 Å². The van der Waals surface area contributed by atoms with E-state index in [1.807, 2.05) is 31.2 Å². The molecule has 0 aliphatic carbocycles. The molecule has 186 valence electrons. The van der Waals surface area contributed by atoms with Crippen molar-refractivity contribution in [3.8, 4) is 17.2 Å². The first-order chi connectivity index (χ1) is 17.0. The Morgan fingerprint density at radius 2 is 1.80 bits per heavy atom. The van der Waals surface area contributed by atoms with Crippen LogP contribution in [0.15, 0.2) is 48.0 Å². The summed E-state index contributed by atoms with van der Waals surface area (Å²) in [5, 5.41) is 11.3. The van der Waals surface area contributed by atoms with E-state index >= 15 is 0 Å². The highest BCUT2D eigenvalue weighted by Crippen LogP contribution is 2.41. The summed E-state index contributed by atoms with van der Waals surface area (Å²) in [5.41, 5.74) is 1.15.